The molecule has 1 heterocycles. The molecule has 1 aliphatic carbocycles. The van der Waals surface area contributed by atoms with E-state index in [1.165, 1.54) is 19.3 Å². The summed E-state index contributed by atoms with van der Waals surface area (Å²) in [5.41, 5.74) is 0.351. The Balaban J connectivity index is 1.97. The highest BCUT2D eigenvalue weighted by atomic mass is 16.3. The summed E-state index contributed by atoms with van der Waals surface area (Å²) in [7, 11) is 2.04. The van der Waals surface area contributed by atoms with Crippen LogP contribution >= 0.6 is 0 Å². The van der Waals surface area contributed by atoms with Crippen molar-refractivity contribution in [1.82, 2.24) is 10.2 Å². The molecule has 0 saturated heterocycles. The average Bonchev–Trinajstić information content (AvgIpc) is 3.08. The van der Waals surface area contributed by atoms with Gasteiger partial charge in [-0.05, 0) is 43.9 Å². The standard InChI is InChI=1S/C15H26N2O/c1-4-15(2,11-16-3)12-17(13-7-8-13)10-14-6-5-9-18-14/h5-6,9,13,16H,4,7-8,10-12H2,1-3H3. The maximum atomic E-state index is 5.49. The van der Waals surface area contributed by atoms with Crippen molar-refractivity contribution in [3.8, 4) is 0 Å². The number of nitrogens with zero attached hydrogens (tertiary/aromatic N) is 1. The molecule has 102 valence electrons. The Kier molecular flexibility index (Phi) is 4.46. The number of hydrogen-bond donors (Lipinski definition) is 1. The molecule has 1 unspecified atom stereocenters. The lowest BCUT2D eigenvalue weighted by Gasteiger charge is -2.34. The Morgan fingerprint density at radius 2 is 2.28 bits per heavy atom. The van der Waals surface area contributed by atoms with Gasteiger partial charge in [-0.25, -0.2) is 0 Å². The van der Waals surface area contributed by atoms with Crippen molar-refractivity contribution in [2.75, 3.05) is 20.1 Å². The van der Waals surface area contributed by atoms with E-state index >= 15 is 0 Å². The molecule has 18 heavy (non-hydrogen) atoms. The molecular weight excluding hydrogens is 224 g/mol. The SMILES string of the molecule is CCC(C)(CNC)CN(Cc1ccco1)C1CC1. The highest BCUT2D eigenvalue weighted by molar-refractivity contribution is 5.00. The first-order valence-electron chi connectivity index (χ1n) is 7.08. The molecule has 3 heteroatoms. The fourth-order valence-electron chi connectivity index (χ4n) is 2.57. The van der Waals surface area contributed by atoms with Crippen LogP contribution in [0, 0.1) is 5.41 Å². The lowest BCUT2D eigenvalue weighted by atomic mass is 9.86. The van der Waals surface area contributed by atoms with Gasteiger partial charge in [-0.3, -0.25) is 4.90 Å². The number of hydrogen-bond acceptors (Lipinski definition) is 3. The van der Waals surface area contributed by atoms with Gasteiger partial charge in [0.15, 0.2) is 0 Å². The van der Waals surface area contributed by atoms with E-state index < -0.39 is 0 Å². The zero-order chi connectivity index (χ0) is 13.0. The van der Waals surface area contributed by atoms with E-state index in [1.54, 1.807) is 6.26 Å². The lowest BCUT2D eigenvalue weighted by molar-refractivity contribution is 0.135. The maximum Gasteiger partial charge on any atom is 0.117 e. The summed E-state index contributed by atoms with van der Waals surface area (Å²) in [6.07, 6.45) is 5.67. The first-order chi connectivity index (χ1) is 8.67. The van der Waals surface area contributed by atoms with E-state index in [0.717, 1.165) is 31.4 Å². The molecule has 1 atom stereocenters. The van der Waals surface area contributed by atoms with Gasteiger partial charge >= 0.3 is 0 Å². The van der Waals surface area contributed by atoms with Crippen LogP contribution in [0.3, 0.4) is 0 Å². The Bertz CT molecular complexity index is 345. The van der Waals surface area contributed by atoms with Gasteiger partial charge < -0.3 is 9.73 Å². The fourth-order valence-corrected chi connectivity index (χ4v) is 2.57. The van der Waals surface area contributed by atoms with Crippen LogP contribution in [0.15, 0.2) is 22.8 Å². The van der Waals surface area contributed by atoms with Gasteiger partial charge in [-0.2, -0.15) is 0 Å². The molecule has 1 aromatic rings. The van der Waals surface area contributed by atoms with Crippen LogP contribution < -0.4 is 5.32 Å². The summed E-state index contributed by atoms with van der Waals surface area (Å²) in [5.74, 6) is 1.09. The summed E-state index contributed by atoms with van der Waals surface area (Å²) in [5, 5.41) is 3.33. The van der Waals surface area contributed by atoms with Gasteiger partial charge in [0.05, 0.1) is 12.8 Å². The maximum absolute atomic E-state index is 5.49. The normalized spacial score (nSPS) is 19.1. The molecule has 1 fully saturated rings. The average molecular weight is 250 g/mol. The fraction of sp³-hybridized carbons (Fsp3) is 0.733. The van der Waals surface area contributed by atoms with Crippen molar-refractivity contribution >= 4 is 0 Å². The van der Waals surface area contributed by atoms with E-state index in [-0.39, 0.29) is 0 Å². The van der Waals surface area contributed by atoms with Crippen molar-refractivity contribution < 1.29 is 4.42 Å². The van der Waals surface area contributed by atoms with Crippen LogP contribution in [0.25, 0.3) is 0 Å². The van der Waals surface area contributed by atoms with Crippen LogP contribution in [0.1, 0.15) is 38.9 Å². The minimum atomic E-state index is 0.351. The zero-order valence-electron chi connectivity index (χ0n) is 11.9. The van der Waals surface area contributed by atoms with Crippen LogP contribution in [-0.2, 0) is 6.54 Å². The topological polar surface area (TPSA) is 28.4 Å². The quantitative estimate of drug-likeness (QED) is 0.769. The second kappa shape index (κ2) is 5.89. The van der Waals surface area contributed by atoms with Gasteiger partial charge in [0, 0.05) is 19.1 Å². The summed E-state index contributed by atoms with van der Waals surface area (Å²) in [6, 6.07) is 4.84. The predicted octanol–water partition coefficient (Wildman–Crippen LogP) is 2.88. The molecule has 2 rings (SSSR count). The minimum Gasteiger partial charge on any atom is -0.468 e. The first kappa shape index (κ1) is 13.6. The molecule has 0 spiro atoms. The molecule has 0 aliphatic heterocycles. The van der Waals surface area contributed by atoms with Crippen LogP contribution in [-0.4, -0.2) is 31.1 Å². The smallest absolute Gasteiger partial charge is 0.117 e. The van der Waals surface area contributed by atoms with E-state index in [2.05, 4.69) is 30.1 Å². The zero-order valence-corrected chi connectivity index (χ0v) is 11.9. The Morgan fingerprint density at radius 3 is 2.78 bits per heavy atom. The van der Waals surface area contributed by atoms with Crippen LogP contribution in [0.4, 0.5) is 0 Å². The Morgan fingerprint density at radius 1 is 1.50 bits per heavy atom. The molecule has 3 nitrogen and oxygen atoms in total. The number of nitrogens with one attached hydrogen (secondary N) is 1. The predicted molar refractivity (Wildman–Crippen MR) is 74.5 cm³/mol. The molecule has 1 aromatic heterocycles. The molecular formula is C15H26N2O. The molecule has 0 bridgehead atoms. The first-order valence-corrected chi connectivity index (χ1v) is 7.08. The lowest BCUT2D eigenvalue weighted by Crippen LogP contribution is -2.41. The van der Waals surface area contributed by atoms with Gasteiger partial charge in [0.2, 0.25) is 0 Å². The van der Waals surface area contributed by atoms with Crippen LogP contribution in [0.2, 0.25) is 0 Å². The summed E-state index contributed by atoms with van der Waals surface area (Å²) in [4.78, 5) is 2.60. The number of rotatable bonds is 8. The molecule has 1 saturated carbocycles. The summed E-state index contributed by atoms with van der Waals surface area (Å²) in [6.45, 7) is 7.84. The largest absolute Gasteiger partial charge is 0.468 e. The molecule has 0 radical (unpaired) electrons. The van der Waals surface area contributed by atoms with Crippen LogP contribution in [0.5, 0.6) is 0 Å². The van der Waals surface area contributed by atoms with E-state index in [9.17, 15) is 0 Å². The van der Waals surface area contributed by atoms with Crippen molar-refractivity contribution in [1.29, 1.82) is 0 Å². The van der Waals surface area contributed by atoms with Crippen molar-refractivity contribution in [3.63, 3.8) is 0 Å². The third-order valence-corrected chi connectivity index (χ3v) is 4.04. The van der Waals surface area contributed by atoms with Crippen molar-refractivity contribution in [2.45, 2.75) is 45.7 Å². The molecule has 0 aromatic carbocycles. The van der Waals surface area contributed by atoms with Gasteiger partial charge in [-0.1, -0.05) is 13.8 Å². The second-order valence-electron chi connectivity index (χ2n) is 5.91. The Hall–Kier alpha value is -0.800. The molecule has 1 aliphatic rings. The van der Waals surface area contributed by atoms with Crippen molar-refractivity contribution in [3.05, 3.63) is 24.2 Å². The summed E-state index contributed by atoms with van der Waals surface area (Å²) < 4.78 is 5.49. The van der Waals surface area contributed by atoms with Crippen molar-refractivity contribution in [2.24, 2.45) is 5.41 Å². The Labute approximate surface area is 111 Å². The highest BCUT2D eigenvalue weighted by Gasteiger charge is 2.34. The highest BCUT2D eigenvalue weighted by Crippen LogP contribution is 2.32. The van der Waals surface area contributed by atoms with Gasteiger partial charge in [-0.15, -0.1) is 0 Å². The summed E-state index contributed by atoms with van der Waals surface area (Å²) >= 11 is 0. The third kappa shape index (κ3) is 3.59. The van der Waals surface area contributed by atoms with Gasteiger partial charge in [0.25, 0.3) is 0 Å². The van der Waals surface area contributed by atoms with Gasteiger partial charge in [0.1, 0.15) is 5.76 Å². The minimum absolute atomic E-state index is 0.351. The van der Waals surface area contributed by atoms with E-state index in [4.69, 9.17) is 4.42 Å². The third-order valence-electron chi connectivity index (χ3n) is 4.04. The molecule has 0 amide bonds. The number of furan rings is 1. The molecule has 1 N–H and O–H groups in total. The van der Waals surface area contributed by atoms with E-state index in [0.29, 0.717) is 5.41 Å². The second-order valence-corrected chi connectivity index (χ2v) is 5.91. The monoisotopic (exact) mass is 250 g/mol. The van der Waals surface area contributed by atoms with E-state index in [1.807, 2.05) is 13.1 Å².